The van der Waals surface area contributed by atoms with Gasteiger partial charge in [0, 0.05) is 11.3 Å². The number of hydrogen-bond donors (Lipinski definition) is 1. The van der Waals surface area contributed by atoms with Crippen molar-refractivity contribution < 1.29 is 9.90 Å². The molecule has 0 aliphatic carbocycles. The van der Waals surface area contributed by atoms with Crippen LogP contribution in [0.1, 0.15) is 28.7 Å². The molecule has 0 atom stereocenters. The monoisotopic (exact) mass is 241 g/mol. The third-order valence-corrected chi connectivity index (χ3v) is 2.94. The van der Waals surface area contributed by atoms with Gasteiger partial charge in [0.15, 0.2) is 0 Å². The fraction of sp³-hybridized carbons (Fsp3) is 0.200. The lowest BCUT2D eigenvalue weighted by molar-refractivity contribution is 0.0695. The molecule has 0 bridgehead atoms. The highest BCUT2D eigenvalue weighted by Crippen LogP contribution is 2.25. The second-order valence-electron chi connectivity index (χ2n) is 4.14. The molecule has 0 saturated heterocycles. The van der Waals surface area contributed by atoms with E-state index >= 15 is 0 Å². The summed E-state index contributed by atoms with van der Waals surface area (Å²) in [4.78, 5) is 15.6. The van der Waals surface area contributed by atoms with Gasteiger partial charge in [-0.2, -0.15) is 0 Å². The van der Waals surface area contributed by atoms with E-state index < -0.39 is 5.97 Å². The normalized spacial score (nSPS) is 10.3. The van der Waals surface area contributed by atoms with Crippen molar-refractivity contribution in [2.45, 2.75) is 20.3 Å². The van der Waals surface area contributed by atoms with Gasteiger partial charge < -0.3 is 5.11 Å². The molecule has 18 heavy (non-hydrogen) atoms. The first-order valence-electron chi connectivity index (χ1n) is 5.92. The van der Waals surface area contributed by atoms with Gasteiger partial charge in [-0.1, -0.05) is 37.3 Å². The third kappa shape index (κ3) is 2.25. The predicted octanol–water partition coefficient (Wildman–Crippen LogP) is 3.32. The molecule has 3 nitrogen and oxygen atoms in total. The van der Waals surface area contributed by atoms with Gasteiger partial charge in [-0.15, -0.1) is 0 Å². The summed E-state index contributed by atoms with van der Waals surface area (Å²) in [6, 6.07) is 11.5. The molecule has 1 N–H and O–H groups in total. The Morgan fingerprint density at radius 2 is 1.94 bits per heavy atom. The molecule has 2 aromatic rings. The highest BCUT2D eigenvalue weighted by Gasteiger charge is 2.14. The molecule has 0 aliphatic heterocycles. The van der Waals surface area contributed by atoms with Crippen molar-refractivity contribution in [3.8, 4) is 11.1 Å². The van der Waals surface area contributed by atoms with Crippen LogP contribution in [-0.4, -0.2) is 16.1 Å². The average molecular weight is 241 g/mol. The van der Waals surface area contributed by atoms with Crippen LogP contribution in [0.3, 0.4) is 0 Å². The highest BCUT2D eigenvalue weighted by atomic mass is 16.4. The summed E-state index contributed by atoms with van der Waals surface area (Å²) >= 11 is 0. The van der Waals surface area contributed by atoms with Gasteiger partial charge in [-0.25, -0.2) is 4.79 Å². The number of hydrogen-bond acceptors (Lipinski definition) is 2. The second-order valence-corrected chi connectivity index (χ2v) is 4.14. The van der Waals surface area contributed by atoms with E-state index in [-0.39, 0.29) is 5.56 Å². The van der Waals surface area contributed by atoms with Crippen molar-refractivity contribution >= 4 is 5.97 Å². The van der Waals surface area contributed by atoms with Gasteiger partial charge in [-0.3, -0.25) is 4.98 Å². The number of aromatic carboxylic acids is 1. The van der Waals surface area contributed by atoms with E-state index in [1.165, 1.54) is 0 Å². The molecular formula is C15H15NO2. The predicted molar refractivity (Wildman–Crippen MR) is 70.7 cm³/mol. The lowest BCUT2D eigenvalue weighted by Crippen LogP contribution is -2.05. The van der Waals surface area contributed by atoms with Gasteiger partial charge in [0.25, 0.3) is 0 Å². The van der Waals surface area contributed by atoms with E-state index in [2.05, 4.69) is 4.98 Å². The van der Waals surface area contributed by atoms with E-state index in [1.54, 1.807) is 13.0 Å². The van der Waals surface area contributed by atoms with Crippen LogP contribution < -0.4 is 0 Å². The average Bonchev–Trinajstić information content (AvgIpc) is 2.39. The second kappa shape index (κ2) is 5.00. The number of carbonyl (C=O) groups is 1. The maximum absolute atomic E-state index is 11.2. The van der Waals surface area contributed by atoms with Crippen LogP contribution in [0.2, 0.25) is 0 Å². The van der Waals surface area contributed by atoms with Gasteiger partial charge in [0.05, 0.1) is 11.3 Å². The van der Waals surface area contributed by atoms with E-state index in [9.17, 15) is 4.79 Å². The van der Waals surface area contributed by atoms with Crippen LogP contribution in [0.25, 0.3) is 11.1 Å². The molecule has 0 amide bonds. The molecule has 0 saturated carbocycles. The van der Waals surface area contributed by atoms with Crippen LogP contribution in [-0.2, 0) is 6.42 Å². The zero-order chi connectivity index (χ0) is 13.1. The molecule has 2 rings (SSSR count). The van der Waals surface area contributed by atoms with E-state index in [0.717, 1.165) is 23.2 Å². The lowest BCUT2D eigenvalue weighted by atomic mass is 9.99. The Hall–Kier alpha value is -2.16. The summed E-state index contributed by atoms with van der Waals surface area (Å²) in [7, 11) is 0. The fourth-order valence-electron chi connectivity index (χ4n) is 2.01. The third-order valence-electron chi connectivity index (χ3n) is 2.94. The van der Waals surface area contributed by atoms with Crippen molar-refractivity contribution in [2.75, 3.05) is 0 Å². The summed E-state index contributed by atoms with van der Waals surface area (Å²) in [5.74, 6) is -0.931. The van der Waals surface area contributed by atoms with Crippen LogP contribution in [0.4, 0.5) is 0 Å². The minimum atomic E-state index is -0.931. The number of aryl methyl sites for hydroxylation is 2. The van der Waals surface area contributed by atoms with Crippen molar-refractivity contribution in [3.63, 3.8) is 0 Å². The first-order chi connectivity index (χ1) is 8.63. The molecule has 3 heteroatoms. The van der Waals surface area contributed by atoms with E-state index in [1.807, 2.05) is 37.3 Å². The van der Waals surface area contributed by atoms with Crippen LogP contribution >= 0.6 is 0 Å². The number of pyridine rings is 1. The topological polar surface area (TPSA) is 50.2 Å². The van der Waals surface area contributed by atoms with Crippen molar-refractivity contribution in [1.29, 1.82) is 0 Å². The minimum absolute atomic E-state index is 0.269. The molecule has 92 valence electrons. The zero-order valence-electron chi connectivity index (χ0n) is 10.5. The first kappa shape index (κ1) is 12.3. The molecule has 1 heterocycles. The zero-order valence-corrected chi connectivity index (χ0v) is 10.5. The molecule has 1 aromatic carbocycles. The number of carboxylic acids is 1. The number of aromatic nitrogens is 1. The molecule has 0 unspecified atom stereocenters. The Morgan fingerprint density at radius 3 is 2.50 bits per heavy atom. The van der Waals surface area contributed by atoms with Crippen molar-refractivity contribution in [1.82, 2.24) is 4.98 Å². The van der Waals surface area contributed by atoms with E-state index in [4.69, 9.17) is 5.11 Å². The van der Waals surface area contributed by atoms with Gasteiger partial charge in [0.2, 0.25) is 0 Å². The quantitative estimate of drug-likeness (QED) is 0.896. The molecule has 0 spiro atoms. The molecule has 0 radical (unpaired) electrons. The lowest BCUT2D eigenvalue weighted by Gasteiger charge is -2.10. The Labute approximate surface area is 106 Å². The molecule has 1 aromatic heterocycles. The van der Waals surface area contributed by atoms with Gasteiger partial charge >= 0.3 is 5.97 Å². The summed E-state index contributed by atoms with van der Waals surface area (Å²) in [5, 5.41) is 9.16. The number of nitrogens with zero attached hydrogens (tertiary/aromatic N) is 1. The Balaban J connectivity index is 2.65. The van der Waals surface area contributed by atoms with Gasteiger partial charge in [0.1, 0.15) is 0 Å². The standard InChI is InChI=1S/C15H15NO2/c1-3-14-13(11-7-5-4-6-8-11)9-12(15(17)18)10(2)16-14/h4-9H,3H2,1-2H3,(H,17,18). The summed E-state index contributed by atoms with van der Waals surface area (Å²) < 4.78 is 0. The maximum atomic E-state index is 11.2. The van der Waals surface area contributed by atoms with Crippen LogP contribution in [0.15, 0.2) is 36.4 Å². The SMILES string of the molecule is CCc1nc(C)c(C(=O)O)cc1-c1ccccc1. The van der Waals surface area contributed by atoms with Gasteiger partial charge in [-0.05, 0) is 25.0 Å². The number of rotatable bonds is 3. The van der Waals surface area contributed by atoms with E-state index in [0.29, 0.717) is 5.69 Å². The Bertz CT molecular complexity index is 577. The largest absolute Gasteiger partial charge is 0.478 e. The number of carboxylic acid groups (broad SMARTS) is 1. The molecule has 0 aliphatic rings. The first-order valence-corrected chi connectivity index (χ1v) is 5.92. The fourth-order valence-corrected chi connectivity index (χ4v) is 2.01. The summed E-state index contributed by atoms with van der Waals surface area (Å²) in [6.45, 7) is 3.76. The van der Waals surface area contributed by atoms with Crippen molar-refractivity contribution in [2.24, 2.45) is 0 Å². The Kier molecular flexibility index (Phi) is 3.42. The minimum Gasteiger partial charge on any atom is -0.478 e. The maximum Gasteiger partial charge on any atom is 0.337 e. The van der Waals surface area contributed by atoms with Crippen molar-refractivity contribution in [3.05, 3.63) is 53.3 Å². The number of benzene rings is 1. The summed E-state index contributed by atoms with van der Waals surface area (Å²) in [6.07, 6.45) is 0.783. The highest BCUT2D eigenvalue weighted by molar-refractivity contribution is 5.90. The molecule has 0 fully saturated rings. The summed E-state index contributed by atoms with van der Waals surface area (Å²) in [5.41, 5.74) is 3.68. The smallest absolute Gasteiger partial charge is 0.337 e. The van der Waals surface area contributed by atoms with Crippen LogP contribution in [0, 0.1) is 6.92 Å². The molecular weight excluding hydrogens is 226 g/mol. The Morgan fingerprint density at radius 1 is 1.28 bits per heavy atom. The van der Waals surface area contributed by atoms with Crippen LogP contribution in [0.5, 0.6) is 0 Å².